The molecule has 0 unspecified atom stereocenters. The van der Waals surface area contributed by atoms with Crippen LogP contribution >= 0.6 is 0 Å². The minimum absolute atomic E-state index is 0.196. The van der Waals surface area contributed by atoms with Crippen molar-refractivity contribution in [1.82, 2.24) is 10.3 Å². The Bertz CT molecular complexity index is 623. The van der Waals surface area contributed by atoms with Crippen LogP contribution in [0, 0.1) is 17.7 Å². The fourth-order valence-electron chi connectivity index (χ4n) is 3.73. The molecular weight excluding hydrogens is 273 g/mol. The van der Waals surface area contributed by atoms with E-state index in [0.29, 0.717) is 24.7 Å². The number of nitrogens with one attached hydrogen (secondary N) is 1. The molecule has 1 aliphatic heterocycles. The average Bonchev–Trinajstić information content (AvgIpc) is 2.59. The Balaban J connectivity index is 1.56. The molecule has 0 aromatic carbocycles. The van der Waals surface area contributed by atoms with E-state index in [2.05, 4.69) is 10.3 Å². The summed E-state index contributed by atoms with van der Waals surface area (Å²) in [5, 5.41) is 2.80. The van der Waals surface area contributed by atoms with Crippen LogP contribution < -0.4 is 10.2 Å². The van der Waals surface area contributed by atoms with Gasteiger partial charge in [-0.1, -0.05) is 19.3 Å². The number of halogens is 1. The zero-order valence-electron chi connectivity index (χ0n) is 11.5. The topological polar surface area (TPSA) is 62.3 Å². The first-order valence-corrected chi connectivity index (χ1v) is 7.36. The molecule has 3 aliphatic rings. The smallest absolute Gasteiger partial charge is 0.323 e. The van der Waals surface area contributed by atoms with E-state index in [1.807, 2.05) is 0 Å². The third kappa shape index (κ3) is 1.78. The van der Waals surface area contributed by atoms with E-state index in [0.717, 1.165) is 17.2 Å². The van der Waals surface area contributed by atoms with Crippen LogP contribution in [0.4, 0.5) is 14.9 Å². The van der Waals surface area contributed by atoms with Crippen molar-refractivity contribution in [2.24, 2.45) is 11.8 Å². The average molecular weight is 289 g/mol. The Kier molecular flexibility index (Phi) is 2.58. The minimum atomic E-state index is -0.760. The van der Waals surface area contributed by atoms with Crippen LogP contribution in [0.2, 0.25) is 0 Å². The largest absolute Gasteiger partial charge is 0.329 e. The lowest BCUT2D eigenvalue weighted by Crippen LogP contribution is -2.59. The summed E-state index contributed by atoms with van der Waals surface area (Å²) in [6, 6.07) is 0.686. The number of carbonyl (C=O) groups excluding carboxylic acids is 2. The SMILES string of the molecule is O=C1NC2(CC(C3CCC3)C2)C(=O)N1c1cncc(F)c1. The molecule has 6 heteroatoms. The van der Waals surface area contributed by atoms with E-state index in [-0.39, 0.29) is 11.6 Å². The van der Waals surface area contributed by atoms with Gasteiger partial charge in [0.25, 0.3) is 5.91 Å². The lowest BCUT2D eigenvalue weighted by Gasteiger charge is -2.49. The van der Waals surface area contributed by atoms with Crippen molar-refractivity contribution in [3.63, 3.8) is 0 Å². The van der Waals surface area contributed by atoms with Crippen LogP contribution in [-0.2, 0) is 4.79 Å². The minimum Gasteiger partial charge on any atom is -0.323 e. The van der Waals surface area contributed by atoms with E-state index in [9.17, 15) is 14.0 Å². The summed E-state index contributed by atoms with van der Waals surface area (Å²) < 4.78 is 13.3. The Labute approximate surface area is 121 Å². The maximum absolute atomic E-state index is 13.3. The highest BCUT2D eigenvalue weighted by atomic mass is 19.1. The maximum atomic E-state index is 13.3. The summed E-state index contributed by atoms with van der Waals surface area (Å²) >= 11 is 0. The fourth-order valence-corrected chi connectivity index (χ4v) is 3.73. The van der Waals surface area contributed by atoms with Gasteiger partial charge in [-0.25, -0.2) is 14.1 Å². The van der Waals surface area contributed by atoms with Crippen molar-refractivity contribution in [2.45, 2.75) is 37.6 Å². The van der Waals surface area contributed by atoms with Gasteiger partial charge in [0.15, 0.2) is 0 Å². The van der Waals surface area contributed by atoms with Crippen molar-refractivity contribution in [2.75, 3.05) is 4.90 Å². The summed E-state index contributed by atoms with van der Waals surface area (Å²) in [6.45, 7) is 0. The molecule has 5 nitrogen and oxygen atoms in total. The number of aromatic nitrogens is 1. The van der Waals surface area contributed by atoms with Crippen molar-refractivity contribution in [3.8, 4) is 0 Å². The zero-order chi connectivity index (χ0) is 14.6. The van der Waals surface area contributed by atoms with Crippen LogP contribution in [0.5, 0.6) is 0 Å². The fraction of sp³-hybridized carbons (Fsp3) is 0.533. The Morgan fingerprint density at radius 2 is 2.00 bits per heavy atom. The summed E-state index contributed by atoms with van der Waals surface area (Å²) in [5.74, 6) is 0.421. The molecule has 0 radical (unpaired) electrons. The highest BCUT2D eigenvalue weighted by molar-refractivity contribution is 6.23. The molecule has 2 saturated carbocycles. The van der Waals surface area contributed by atoms with E-state index in [1.165, 1.54) is 25.5 Å². The van der Waals surface area contributed by atoms with Gasteiger partial charge in [0.1, 0.15) is 11.4 Å². The molecule has 4 rings (SSSR count). The van der Waals surface area contributed by atoms with Crippen LogP contribution in [-0.4, -0.2) is 22.5 Å². The number of amides is 3. The number of nitrogens with zero attached hydrogens (tertiary/aromatic N) is 2. The van der Waals surface area contributed by atoms with Gasteiger partial charge < -0.3 is 5.32 Å². The Hall–Kier alpha value is -1.98. The van der Waals surface area contributed by atoms with Gasteiger partial charge in [-0.15, -0.1) is 0 Å². The second-order valence-electron chi connectivity index (χ2n) is 6.37. The molecule has 0 atom stereocenters. The molecule has 110 valence electrons. The number of pyridine rings is 1. The molecule has 3 amide bonds. The van der Waals surface area contributed by atoms with Crippen LogP contribution in [0.1, 0.15) is 32.1 Å². The molecule has 3 fully saturated rings. The summed E-state index contributed by atoms with van der Waals surface area (Å²) in [7, 11) is 0. The first kappa shape index (κ1) is 12.7. The Morgan fingerprint density at radius 3 is 2.62 bits per heavy atom. The standard InChI is InChI=1S/C15H16FN3O2/c16-11-4-12(8-17-7-11)19-13(20)15(18-14(19)21)5-10(6-15)9-2-1-3-9/h4,7-10H,1-3,5-6H2,(H,18,21). The third-order valence-corrected chi connectivity index (χ3v) is 5.15. The summed E-state index contributed by atoms with van der Waals surface area (Å²) in [4.78, 5) is 29.4. The van der Waals surface area contributed by atoms with Crippen molar-refractivity contribution in [3.05, 3.63) is 24.3 Å². The molecule has 1 N–H and O–H groups in total. The molecule has 1 saturated heterocycles. The zero-order valence-corrected chi connectivity index (χ0v) is 11.5. The molecule has 1 aromatic rings. The highest BCUT2D eigenvalue weighted by Gasteiger charge is 2.60. The highest BCUT2D eigenvalue weighted by Crippen LogP contribution is 2.51. The monoisotopic (exact) mass is 289 g/mol. The first-order chi connectivity index (χ1) is 10.1. The molecule has 1 aromatic heterocycles. The molecule has 2 heterocycles. The number of anilines is 1. The Morgan fingerprint density at radius 1 is 1.24 bits per heavy atom. The maximum Gasteiger partial charge on any atom is 0.329 e. The predicted octanol–water partition coefficient (Wildman–Crippen LogP) is 2.23. The molecule has 0 bridgehead atoms. The van der Waals surface area contributed by atoms with Crippen molar-refractivity contribution >= 4 is 17.6 Å². The van der Waals surface area contributed by atoms with Gasteiger partial charge in [-0.2, -0.15) is 0 Å². The molecular formula is C15H16FN3O2. The number of imide groups is 1. The van der Waals surface area contributed by atoms with Gasteiger partial charge in [-0.3, -0.25) is 9.78 Å². The first-order valence-electron chi connectivity index (χ1n) is 7.36. The van der Waals surface area contributed by atoms with Crippen LogP contribution in [0.25, 0.3) is 0 Å². The van der Waals surface area contributed by atoms with Gasteiger partial charge in [0.2, 0.25) is 0 Å². The van der Waals surface area contributed by atoms with Crippen molar-refractivity contribution in [1.29, 1.82) is 0 Å². The quantitative estimate of drug-likeness (QED) is 0.849. The lowest BCUT2D eigenvalue weighted by molar-refractivity contribution is -0.128. The van der Waals surface area contributed by atoms with E-state index in [1.54, 1.807) is 0 Å². The molecule has 2 aliphatic carbocycles. The summed E-state index contributed by atoms with van der Waals surface area (Å²) in [5.41, 5.74) is -0.564. The predicted molar refractivity (Wildman–Crippen MR) is 73.0 cm³/mol. The van der Waals surface area contributed by atoms with Gasteiger partial charge >= 0.3 is 6.03 Å². The lowest BCUT2D eigenvalue weighted by atomic mass is 9.58. The van der Waals surface area contributed by atoms with E-state index >= 15 is 0 Å². The number of hydrogen-bond donors (Lipinski definition) is 1. The van der Waals surface area contributed by atoms with E-state index in [4.69, 9.17) is 0 Å². The second-order valence-corrected chi connectivity index (χ2v) is 6.37. The second kappa shape index (κ2) is 4.26. The number of urea groups is 1. The van der Waals surface area contributed by atoms with E-state index < -0.39 is 17.4 Å². The normalized spacial score (nSPS) is 32.0. The number of carbonyl (C=O) groups is 2. The van der Waals surface area contributed by atoms with Crippen LogP contribution in [0.15, 0.2) is 18.5 Å². The number of rotatable bonds is 2. The third-order valence-electron chi connectivity index (χ3n) is 5.15. The van der Waals surface area contributed by atoms with Crippen molar-refractivity contribution < 1.29 is 14.0 Å². The molecule has 1 spiro atoms. The summed E-state index contributed by atoms with van der Waals surface area (Å²) in [6.07, 6.45) is 7.55. The molecule has 21 heavy (non-hydrogen) atoms. The van der Waals surface area contributed by atoms with Crippen LogP contribution in [0.3, 0.4) is 0 Å². The van der Waals surface area contributed by atoms with Gasteiger partial charge in [-0.05, 0) is 24.7 Å². The number of hydrogen-bond acceptors (Lipinski definition) is 3. The van der Waals surface area contributed by atoms with Gasteiger partial charge in [0, 0.05) is 6.07 Å². The van der Waals surface area contributed by atoms with Gasteiger partial charge in [0.05, 0.1) is 18.1 Å².